The Labute approximate surface area is 106 Å². The summed E-state index contributed by atoms with van der Waals surface area (Å²) in [6, 6.07) is 6.83. The summed E-state index contributed by atoms with van der Waals surface area (Å²) in [6.07, 6.45) is 2.35. The van der Waals surface area contributed by atoms with Gasteiger partial charge in [-0.05, 0) is 44.1 Å². The van der Waals surface area contributed by atoms with E-state index in [4.69, 9.17) is 5.73 Å². The van der Waals surface area contributed by atoms with E-state index >= 15 is 0 Å². The van der Waals surface area contributed by atoms with Gasteiger partial charge in [-0.25, -0.2) is 0 Å². The zero-order valence-electron chi connectivity index (χ0n) is 12.0. The lowest BCUT2D eigenvalue weighted by Crippen LogP contribution is -2.15. The van der Waals surface area contributed by atoms with Crippen molar-refractivity contribution < 1.29 is 0 Å². The average molecular weight is 233 g/mol. The van der Waals surface area contributed by atoms with E-state index in [1.807, 2.05) is 0 Å². The van der Waals surface area contributed by atoms with E-state index in [1.54, 1.807) is 0 Å². The summed E-state index contributed by atoms with van der Waals surface area (Å²) in [6.45, 7) is 11.1. The van der Waals surface area contributed by atoms with Gasteiger partial charge in [-0.1, -0.05) is 50.1 Å². The lowest BCUT2D eigenvalue weighted by Gasteiger charge is -2.20. The molecule has 0 aliphatic rings. The molecule has 1 aromatic rings. The van der Waals surface area contributed by atoms with Gasteiger partial charge < -0.3 is 5.73 Å². The number of nitrogens with two attached hydrogens (primary N) is 1. The zero-order chi connectivity index (χ0) is 13.0. The van der Waals surface area contributed by atoms with Crippen LogP contribution in [-0.2, 0) is 0 Å². The molecule has 0 amide bonds. The van der Waals surface area contributed by atoms with Crippen LogP contribution in [-0.4, -0.2) is 0 Å². The molecular formula is C16H27N. The molecule has 0 heterocycles. The highest BCUT2D eigenvalue weighted by Gasteiger charge is 2.13. The summed E-state index contributed by atoms with van der Waals surface area (Å²) in [5, 5.41) is 0. The van der Waals surface area contributed by atoms with E-state index in [1.165, 1.54) is 23.1 Å². The van der Waals surface area contributed by atoms with Crippen molar-refractivity contribution in [3.05, 3.63) is 34.9 Å². The Balaban J connectivity index is 2.66. The van der Waals surface area contributed by atoms with Gasteiger partial charge in [-0.3, -0.25) is 0 Å². The molecule has 1 nitrogen and oxygen atoms in total. The second-order valence-electron chi connectivity index (χ2n) is 6.00. The fourth-order valence-corrected chi connectivity index (χ4v) is 2.69. The third-order valence-corrected chi connectivity index (χ3v) is 3.20. The normalized spacial score (nSPS) is 15.0. The molecule has 0 aliphatic heterocycles. The Morgan fingerprint density at radius 3 is 1.94 bits per heavy atom. The Morgan fingerprint density at radius 2 is 1.47 bits per heavy atom. The summed E-state index contributed by atoms with van der Waals surface area (Å²) >= 11 is 0. The van der Waals surface area contributed by atoms with Gasteiger partial charge in [0.2, 0.25) is 0 Å². The van der Waals surface area contributed by atoms with Gasteiger partial charge in [0.15, 0.2) is 0 Å². The molecule has 2 atom stereocenters. The third kappa shape index (κ3) is 4.91. The smallest absolute Gasteiger partial charge is 0.0297 e. The molecule has 0 spiro atoms. The van der Waals surface area contributed by atoms with Crippen LogP contribution in [0.25, 0.3) is 0 Å². The lowest BCUT2D eigenvalue weighted by atomic mass is 9.89. The first-order chi connectivity index (χ1) is 7.88. The highest BCUT2D eigenvalue weighted by atomic mass is 14.6. The summed E-state index contributed by atoms with van der Waals surface area (Å²) in [5.41, 5.74) is 10.2. The molecule has 2 N–H and O–H groups in total. The fourth-order valence-electron chi connectivity index (χ4n) is 2.69. The second kappa shape index (κ2) is 6.20. The van der Waals surface area contributed by atoms with Crippen LogP contribution < -0.4 is 5.73 Å². The molecule has 0 aliphatic carbocycles. The number of rotatable bonds is 5. The Morgan fingerprint density at radius 1 is 0.941 bits per heavy atom. The minimum atomic E-state index is 0.183. The van der Waals surface area contributed by atoms with Crippen molar-refractivity contribution in [2.24, 2.45) is 17.6 Å². The molecule has 0 bridgehead atoms. The number of hydrogen-bond donors (Lipinski definition) is 1. The van der Waals surface area contributed by atoms with Crippen LogP contribution in [0.4, 0.5) is 0 Å². The SMILES string of the molecule is Cc1cc(C)cc(C(N)CC(C)CC(C)C)c1. The first-order valence-electron chi connectivity index (χ1n) is 6.72. The van der Waals surface area contributed by atoms with E-state index in [0.717, 1.165) is 12.3 Å². The highest BCUT2D eigenvalue weighted by molar-refractivity contribution is 5.30. The standard InChI is InChI=1S/C16H27N/c1-11(2)6-12(3)10-16(17)15-8-13(4)7-14(5)9-15/h7-9,11-12,16H,6,10,17H2,1-5H3. The molecule has 0 fully saturated rings. The van der Waals surface area contributed by atoms with E-state index in [2.05, 4.69) is 52.8 Å². The van der Waals surface area contributed by atoms with Crippen LogP contribution in [0.1, 0.15) is 56.3 Å². The molecule has 0 radical (unpaired) electrons. The van der Waals surface area contributed by atoms with Crippen LogP contribution in [0.5, 0.6) is 0 Å². The predicted molar refractivity (Wildman–Crippen MR) is 76.1 cm³/mol. The van der Waals surface area contributed by atoms with Crippen LogP contribution in [0.2, 0.25) is 0 Å². The van der Waals surface area contributed by atoms with Crippen molar-refractivity contribution in [3.63, 3.8) is 0 Å². The summed E-state index contributed by atoms with van der Waals surface area (Å²) in [7, 11) is 0. The van der Waals surface area contributed by atoms with Gasteiger partial charge >= 0.3 is 0 Å². The molecule has 1 heteroatoms. The largest absolute Gasteiger partial charge is 0.324 e. The van der Waals surface area contributed by atoms with Crippen molar-refractivity contribution >= 4 is 0 Å². The van der Waals surface area contributed by atoms with Gasteiger partial charge in [0, 0.05) is 6.04 Å². The quantitative estimate of drug-likeness (QED) is 0.802. The minimum Gasteiger partial charge on any atom is -0.324 e. The Hall–Kier alpha value is -0.820. The first kappa shape index (κ1) is 14.2. The highest BCUT2D eigenvalue weighted by Crippen LogP contribution is 2.24. The molecule has 0 aromatic heterocycles. The van der Waals surface area contributed by atoms with Gasteiger partial charge in [-0.15, -0.1) is 0 Å². The first-order valence-corrected chi connectivity index (χ1v) is 6.72. The maximum atomic E-state index is 6.31. The van der Waals surface area contributed by atoms with E-state index in [9.17, 15) is 0 Å². The van der Waals surface area contributed by atoms with Crippen LogP contribution in [0, 0.1) is 25.7 Å². The molecule has 17 heavy (non-hydrogen) atoms. The monoisotopic (exact) mass is 233 g/mol. The zero-order valence-corrected chi connectivity index (χ0v) is 12.0. The topological polar surface area (TPSA) is 26.0 Å². The summed E-state index contributed by atoms with van der Waals surface area (Å²) in [5.74, 6) is 1.46. The third-order valence-electron chi connectivity index (χ3n) is 3.20. The molecule has 0 saturated heterocycles. The number of benzene rings is 1. The Bertz CT molecular complexity index is 334. The molecule has 1 aromatic carbocycles. The van der Waals surface area contributed by atoms with E-state index in [-0.39, 0.29) is 6.04 Å². The number of hydrogen-bond acceptors (Lipinski definition) is 1. The van der Waals surface area contributed by atoms with Gasteiger partial charge in [0.25, 0.3) is 0 Å². The average Bonchev–Trinajstić information content (AvgIpc) is 2.14. The van der Waals surface area contributed by atoms with Gasteiger partial charge in [0.05, 0.1) is 0 Å². The Kier molecular flexibility index (Phi) is 5.20. The van der Waals surface area contributed by atoms with Crippen molar-refractivity contribution in [2.75, 3.05) is 0 Å². The molecule has 96 valence electrons. The minimum absolute atomic E-state index is 0.183. The molecule has 1 rings (SSSR count). The maximum Gasteiger partial charge on any atom is 0.0297 e. The van der Waals surface area contributed by atoms with E-state index in [0.29, 0.717) is 5.92 Å². The summed E-state index contributed by atoms with van der Waals surface area (Å²) in [4.78, 5) is 0. The maximum absolute atomic E-state index is 6.31. The van der Waals surface area contributed by atoms with Crippen LogP contribution >= 0.6 is 0 Å². The van der Waals surface area contributed by atoms with Crippen molar-refractivity contribution in [2.45, 2.75) is 53.5 Å². The summed E-state index contributed by atoms with van der Waals surface area (Å²) < 4.78 is 0. The van der Waals surface area contributed by atoms with Crippen molar-refractivity contribution in [3.8, 4) is 0 Å². The van der Waals surface area contributed by atoms with Crippen molar-refractivity contribution in [1.82, 2.24) is 0 Å². The van der Waals surface area contributed by atoms with E-state index < -0.39 is 0 Å². The van der Waals surface area contributed by atoms with Crippen LogP contribution in [0.15, 0.2) is 18.2 Å². The molecule has 0 saturated carbocycles. The van der Waals surface area contributed by atoms with Crippen molar-refractivity contribution in [1.29, 1.82) is 0 Å². The molecular weight excluding hydrogens is 206 g/mol. The second-order valence-corrected chi connectivity index (χ2v) is 6.00. The predicted octanol–water partition coefficient (Wildman–Crippen LogP) is 4.38. The van der Waals surface area contributed by atoms with Gasteiger partial charge in [-0.2, -0.15) is 0 Å². The lowest BCUT2D eigenvalue weighted by molar-refractivity contribution is 0.387. The molecule has 2 unspecified atom stereocenters. The number of aryl methyl sites for hydroxylation is 2. The van der Waals surface area contributed by atoms with Gasteiger partial charge in [0.1, 0.15) is 0 Å². The van der Waals surface area contributed by atoms with Crippen LogP contribution in [0.3, 0.4) is 0 Å². The fraction of sp³-hybridized carbons (Fsp3) is 0.625.